The van der Waals surface area contributed by atoms with Gasteiger partial charge in [0.25, 0.3) is 0 Å². The molecule has 4 heterocycles. The van der Waals surface area contributed by atoms with Crippen molar-refractivity contribution in [3.8, 4) is 33.6 Å². The Kier molecular flexibility index (Phi) is 8.19. The summed E-state index contributed by atoms with van der Waals surface area (Å²) in [5.41, 5.74) is 11.2. The summed E-state index contributed by atoms with van der Waals surface area (Å²) in [6.07, 6.45) is 3.79. The molecule has 13 aromatic rings. The van der Waals surface area contributed by atoms with E-state index in [1.54, 1.807) is 22.7 Å². The van der Waals surface area contributed by atoms with Gasteiger partial charge in [-0.3, -0.25) is 9.97 Å². The zero-order valence-corrected chi connectivity index (χ0v) is 35.2. The molecule has 0 aliphatic rings. The molecule has 0 unspecified atom stereocenters. The van der Waals surface area contributed by atoms with Crippen LogP contribution < -0.4 is 4.90 Å². The molecule has 63 heavy (non-hydrogen) atoms. The van der Waals surface area contributed by atoms with Crippen molar-refractivity contribution >= 4 is 113 Å². The van der Waals surface area contributed by atoms with Crippen LogP contribution in [0.5, 0.6) is 0 Å². The summed E-state index contributed by atoms with van der Waals surface area (Å²) in [4.78, 5) is 24.1. The van der Waals surface area contributed by atoms with E-state index in [-0.39, 0.29) is 0 Å². The molecular weight excluding hydrogens is 807 g/mol. The van der Waals surface area contributed by atoms with Gasteiger partial charge >= 0.3 is 0 Å². The lowest BCUT2D eigenvalue weighted by Gasteiger charge is -2.26. The Bertz CT molecular complexity index is 3770. The zero-order chi connectivity index (χ0) is 41.4. The number of benzene rings is 9. The van der Waals surface area contributed by atoms with Gasteiger partial charge in [0.05, 0.1) is 23.8 Å². The predicted molar refractivity (Wildman–Crippen MR) is 267 cm³/mol. The molecular formula is C56H33N5S2. The van der Waals surface area contributed by atoms with Crippen molar-refractivity contribution in [2.75, 3.05) is 4.90 Å². The van der Waals surface area contributed by atoms with E-state index in [2.05, 4.69) is 193 Å². The van der Waals surface area contributed by atoms with E-state index in [1.165, 1.54) is 52.8 Å². The summed E-state index contributed by atoms with van der Waals surface area (Å²) in [7, 11) is 0. The minimum Gasteiger partial charge on any atom is -0.310 e. The summed E-state index contributed by atoms with van der Waals surface area (Å²) < 4.78 is 2.40. The van der Waals surface area contributed by atoms with Crippen LogP contribution in [0.25, 0.3) is 107 Å². The summed E-state index contributed by atoms with van der Waals surface area (Å²) in [5.74, 6) is 0. The molecule has 7 heteroatoms. The average Bonchev–Trinajstić information content (AvgIpc) is 3.92. The molecule has 0 amide bonds. The number of thiophene rings is 2. The molecule has 0 bridgehead atoms. The number of fused-ring (bicyclic) bond motifs is 10. The van der Waals surface area contributed by atoms with Crippen LogP contribution in [0.1, 0.15) is 0 Å². The van der Waals surface area contributed by atoms with E-state index in [1.807, 2.05) is 12.4 Å². The van der Waals surface area contributed by atoms with E-state index in [0.29, 0.717) is 0 Å². The van der Waals surface area contributed by atoms with Crippen LogP contribution in [0.4, 0.5) is 17.1 Å². The molecule has 0 saturated carbocycles. The van der Waals surface area contributed by atoms with E-state index in [0.717, 1.165) is 71.0 Å². The van der Waals surface area contributed by atoms with Crippen LogP contribution in [0.15, 0.2) is 200 Å². The molecule has 0 aliphatic carbocycles. The molecule has 5 nitrogen and oxygen atoms in total. The Balaban J connectivity index is 0.884. The highest BCUT2D eigenvalue weighted by molar-refractivity contribution is 7.25. The molecule has 0 fully saturated rings. The second-order valence-corrected chi connectivity index (χ2v) is 18.0. The van der Waals surface area contributed by atoms with E-state index >= 15 is 0 Å². The molecule has 0 aliphatic heterocycles. The van der Waals surface area contributed by atoms with Crippen molar-refractivity contribution in [3.63, 3.8) is 0 Å². The highest BCUT2D eigenvalue weighted by atomic mass is 32.1. The highest BCUT2D eigenvalue weighted by Crippen LogP contribution is 2.41. The van der Waals surface area contributed by atoms with E-state index in [4.69, 9.17) is 19.9 Å². The van der Waals surface area contributed by atoms with Crippen LogP contribution in [0, 0.1) is 0 Å². The Hall–Kier alpha value is -7.84. The summed E-state index contributed by atoms with van der Waals surface area (Å²) >= 11 is 3.37. The van der Waals surface area contributed by atoms with Crippen LogP contribution in [0.2, 0.25) is 0 Å². The van der Waals surface area contributed by atoms with Crippen LogP contribution in [0.3, 0.4) is 0 Å². The van der Waals surface area contributed by atoms with Crippen molar-refractivity contribution in [1.29, 1.82) is 0 Å². The molecule has 9 aromatic carbocycles. The van der Waals surface area contributed by atoms with Gasteiger partial charge in [0.15, 0.2) is 0 Å². The fourth-order valence-corrected chi connectivity index (χ4v) is 11.1. The van der Waals surface area contributed by atoms with Crippen LogP contribution in [-0.4, -0.2) is 19.9 Å². The Labute approximate surface area is 369 Å². The first-order valence-corrected chi connectivity index (χ1v) is 22.6. The number of rotatable bonds is 6. The first-order valence-electron chi connectivity index (χ1n) is 20.9. The van der Waals surface area contributed by atoms with Crippen molar-refractivity contribution in [3.05, 3.63) is 200 Å². The monoisotopic (exact) mass is 839 g/mol. The minimum absolute atomic E-state index is 0.856. The third-order valence-corrected chi connectivity index (χ3v) is 14.3. The normalized spacial score (nSPS) is 11.8. The van der Waals surface area contributed by atoms with Gasteiger partial charge in [-0.05, 0) is 104 Å². The molecule has 294 valence electrons. The number of hydrogen-bond acceptors (Lipinski definition) is 7. The SMILES string of the molecule is c1ccc2cc(-c3ccc4c(ccc5cc(N(c6ccc(-c7cnc8c(n7)sc7ccccc78)cc6)c6ccc(-c7cnc8c(n7)sc7ccccc78)cc6)ccc54)c3)ccc2c1. The highest BCUT2D eigenvalue weighted by Gasteiger charge is 2.17. The lowest BCUT2D eigenvalue weighted by atomic mass is 9.96. The smallest absolute Gasteiger partial charge is 0.143 e. The van der Waals surface area contributed by atoms with Crippen molar-refractivity contribution in [2.45, 2.75) is 0 Å². The Morgan fingerprint density at radius 2 is 0.778 bits per heavy atom. The third-order valence-electron chi connectivity index (χ3n) is 12.2. The van der Waals surface area contributed by atoms with Gasteiger partial charge < -0.3 is 4.90 Å². The standard InChI is InChI=1S/C56H33N5S2/c1-2-8-37-29-38(14-13-34(37)7-1)39-21-27-45-40(30-39)15-16-41-31-44(26-28-46(41)45)61(42-22-17-35(18-23-42)49-32-57-53-47-9-3-5-11-51(47)62-55(53)59-49)43-24-19-36(20-25-43)50-33-58-54-48-10-4-6-12-52(48)63-56(54)60-50/h1-33H. The second kappa shape index (κ2) is 14.4. The van der Waals surface area contributed by atoms with E-state index < -0.39 is 0 Å². The van der Waals surface area contributed by atoms with Gasteiger partial charge in [0.1, 0.15) is 20.7 Å². The van der Waals surface area contributed by atoms with Gasteiger partial charge in [0.2, 0.25) is 0 Å². The number of aromatic nitrogens is 4. The molecule has 0 atom stereocenters. The Morgan fingerprint density at radius 3 is 1.38 bits per heavy atom. The maximum Gasteiger partial charge on any atom is 0.143 e. The van der Waals surface area contributed by atoms with Crippen molar-refractivity contribution in [1.82, 2.24) is 19.9 Å². The molecule has 0 radical (unpaired) electrons. The molecule has 0 N–H and O–H groups in total. The van der Waals surface area contributed by atoms with Crippen LogP contribution >= 0.6 is 22.7 Å². The van der Waals surface area contributed by atoms with Crippen molar-refractivity contribution < 1.29 is 0 Å². The number of nitrogens with zero attached hydrogens (tertiary/aromatic N) is 5. The maximum absolute atomic E-state index is 5.07. The number of anilines is 3. The molecule has 4 aromatic heterocycles. The zero-order valence-electron chi connectivity index (χ0n) is 33.6. The quantitative estimate of drug-likeness (QED) is 0.156. The minimum atomic E-state index is 0.856. The summed E-state index contributed by atoms with van der Waals surface area (Å²) in [5, 5.41) is 9.65. The van der Waals surface area contributed by atoms with Crippen molar-refractivity contribution in [2.24, 2.45) is 0 Å². The van der Waals surface area contributed by atoms with E-state index in [9.17, 15) is 0 Å². The van der Waals surface area contributed by atoms with Crippen LogP contribution in [-0.2, 0) is 0 Å². The fourth-order valence-electron chi connectivity index (χ4n) is 9.00. The van der Waals surface area contributed by atoms with Gasteiger partial charge in [-0.25, -0.2) is 9.97 Å². The second-order valence-electron chi connectivity index (χ2n) is 15.9. The Morgan fingerprint density at radius 1 is 0.333 bits per heavy atom. The van der Waals surface area contributed by atoms with Gasteiger partial charge in [-0.15, -0.1) is 22.7 Å². The molecule has 13 rings (SSSR count). The lowest BCUT2D eigenvalue weighted by molar-refractivity contribution is 1.27. The fraction of sp³-hybridized carbons (Fsp3) is 0. The molecule has 0 saturated heterocycles. The largest absolute Gasteiger partial charge is 0.310 e. The lowest BCUT2D eigenvalue weighted by Crippen LogP contribution is -2.10. The van der Waals surface area contributed by atoms with Gasteiger partial charge in [0, 0.05) is 48.4 Å². The van der Waals surface area contributed by atoms with Gasteiger partial charge in [-0.2, -0.15) is 0 Å². The third kappa shape index (κ3) is 6.12. The summed E-state index contributed by atoms with van der Waals surface area (Å²) in [6.45, 7) is 0. The topological polar surface area (TPSA) is 54.8 Å². The maximum atomic E-state index is 5.07. The first-order chi connectivity index (χ1) is 31.2. The molecule has 0 spiro atoms. The number of hydrogen-bond donors (Lipinski definition) is 0. The summed E-state index contributed by atoms with van der Waals surface area (Å²) in [6, 6.07) is 67.5. The van der Waals surface area contributed by atoms with Gasteiger partial charge in [-0.1, -0.05) is 127 Å². The first kappa shape index (κ1) is 35.9. The predicted octanol–water partition coefficient (Wildman–Crippen LogP) is 15.9. The average molecular weight is 840 g/mol.